The summed E-state index contributed by atoms with van der Waals surface area (Å²) in [5.41, 5.74) is 3.26. The predicted octanol–water partition coefficient (Wildman–Crippen LogP) is 4.52. The standard InChI is InChI=1S/C23H20FN3O2/c24-19-10-8-17(9-11-19)23-18(16-27(26-23)20-5-2-1-3-6-20)15-25-22(28)13-12-21-7-4-14-29-21/h1-11,14,16H,12-13,15H2,(H,25,28). The molecule has 1 amide bonds. The van der Waals surface area contributed by atoms with E-state index in [1.54, 1.807) is 29.1 Å². The maximum atomic E-state index is 13.3. The van der Waals surface area contributed by atoms with E-state index in [9.17, 15) is 9.18 Å². The number of hydrogen-bond acceptors (Lipinski definition) is 3. The molecule has 2 aromatic carbocycles. The number of nitrogens with one attached hydrogen (secondary N) is 1. The molecule has 0 aliphatic heterocycles. The number of nitrogens with zero attached hydrogens (tertiary/aromatic N) is 2. The number of carbonyl (C=O) groups is 1. The molecule has 0 radical (unpaired) electrons. The Bertz CT molecular complexity index is 1070. The zero-order chi connectivity index (χ0) is 20.1. The van der Waals surface area contributed by atoms with Gasteiger partial charge < -0.3 is 9.73 Å². The van der Waals surface area contributed by atoms with Crippen molar-refractivity contribution >= 4 is 5.91 Å². The monoisotopic (exact) mass is 389 g/mol. The summed E-state index contributed by atoms with van der Waals surface area (Å²) in [7, 11) is 0. The summed E-state index contributed by atoms with van der Waals surface area (Å²) >= 11 is 0. The van der Waals surface area contributed by atoms with Crippen molar-refractivity contribution < 1.29 is 13.6 Å². The van der Waals surface area contributed by atoms with E-state index in [4.69, 9.17) is 4.42 Å². The van der Waals surface area contributed by atoms with Gasteiger partial charge in [0.05, 0.1) is 17.6 Å². The molecule has 0 unspecified atom stereocenters. The maximum absolute atomic E-state index is 13.3. The minimum absolute atomic E-state index is 0.0704. The number of carbonyl (C=O) groups excluding carboxylic acids is 1. The lowest BCUT2D eigenvalue weighted by molar-refractivity contribution is -0.121. The average Bonchev–Trinajstić information content (AvgIpc) is 3.42. The second-order valence-corrected chi connectivity index (χ2v) is 6.65. The Morgan fingerprint density at radius 3 is 2.55 bits per heavy atom. The van der Waals surface area contributed by atoms with E-state index < -0.39 is 0 Å². The normalized spacial score (nSPS) is 10.8. The number of para-hydroxylation sites is 1. The van der Waals surface area contributed by atoms with E-state index in [1.807, 2.05) is 42.6 Å². The number of aryl methyl sites for hydroxylation is 1. The van der Waals surface area contributed by atoms with Gasteiger partial charge in [0.1, 0.15) is 11.6 Å². The Morgan fingerprint density at radius 2 is 1.83 bits per heavy atom. The minimum atomic E-state index is -0.302. The van der Waals surface area contributed by atoms with Crippen molar-refractivity contribution in [2.75, 3.05) is 0 Å². The smallest absolute Gasteiger partial charge is 0.220 e. The molecule has 5 nitrogen and oxygen atoms in total. The van der Waals surface area contributed by atoms with Gasteiger partial charge in [0.15, 0.2) is 0 Å². The summed E-state index contributed by atoms with van der Waals surface area (Å²) in [6.45, 7) is 0.330. The molecule has 0 saturated carbocycles. The van der Waals surface area contributed by atoms with Crippen LogP contribution in [0.15, 0.2) is 83.6 Å². The van der Waals surface area contributed by atoms with Gasteiger partial charge in [-0.25, -0.2) is 9.07 Å². The van der Waals surface area contributed by atoms with Gasteiger partial charge in [-0.2, -0.15) is 5.10 Å². The Hall–Kier alpha value is -3.67. The lowest BCUT2D eigenvalue weighted by atomic mass is 10.1. The highest BCUT2D eigenvalue weighted by Gasteiger charge is 2.14. The molecule has 4 aromatic rings. The van der Waals surface area contributed by atoms with Gasteiger partial charge in [0.25, 0.3) is 0 Å². The third-order valence-corrected chi connectivity index (χ3v) is 4.58. The van der Waals surface area contributed by atoms with Crippen LogP contribution < -0.4 is 5.32 Å². The number of amides is 1. The first kappa shape index (κ1) is 18.7. The van der Waals surface area contributed by atoms with Gasteiger partial charge in [-0.3, -0.25) is 4.79 Å². The predicted molar refractivity (Wildman–Crippen MR) is 108 cm³/mol. The highest BCUT2D eigenvalue weighted by Crippen LogP contribution is 2.24. The molecule has 0 aliphatic carbocycles. The SMILES string of the molecule is O=C(CCc1ccco1)NCc1cn(-c2ccccc2)nc1-c1ccc(F)cc1. The van der Waals surface area contributed by atoms with Crippen LogP contribution in [0.25, 0.3) is 16.9 Å². The van der Waals surface area contributed by atoms with Crippen molar-refractivity contribution in [3.63, 3.8) is 0 Å². The van der Waals surface area contributed by atoms with Crippen molar-refractivity contribution in [2.45, 2.75) is 19.4 Å². The molecular weight excluding hydrogens is 369 g/mol. The van der Waals surface area contributed by atoms with E-state index in [2.05, 4.69) is 10.4 Å². The molecule has 0 saturated heterocycles. The Labute approximate surface area is 167 Å². The van der Waals surface area contributed by atoms with Crippen LogP contribution in [0.5, 0.6) is 0 Å². The quantitative estimate of drug-likeness (QED) is 0.506. The van der Waals surface area contributed by atoms with Gasteiger partial charge in [-0.15, -0.1) is 0 Å². The Kier molecular flexibility index (Phi) is 5.52. The van der Waals surface area contributed by atoms with Gasteiger partial charge in [-0.05, 0) is 48.5 Å². The fraction of sp³-hybridized carbons (Fsp3) is 0.130. The van der Waals surface area contributed by atoms with E-state index in [1.165, 1.54) is 12.1 Å². The number of benzene rings is 2. The summed E-state index contributed by atoms with van der Waals surface area (Å²) in [6.07, 6.45) is 4.38. The first-order valence-electron chi connectivity index (χ1n) is 9.38. The molecule has 2 aromatic heterocycles. The fourth-order valence-electron chi connectivity index (χ4n) is 3.08. The number of halogens is 1. The van der Waals surface area contributed by atoms with E-state index in [0.717, 1.165) is 22.6 Å². The van der Waals surface area contributed by atoms with E-state index >= 15 is 0 Å². The lowest BCUT2D eigenvalue weighted by Gasteiger charge is -2.05. The highest BCUT2D eigenvalue weighted by molar-refractivity contribution is 5.76. The Morgan fingerprint density at radius 1 is 1.03 bits per heavy atom. The summed E-state index contributed by atoms with van der Waals surface area (Å²) in [5, 5.41) is 7.61. The molecule has 29 heavy (non-hydrogen) atoms. The van der Waals surface area contributed by atoms with Crippen LogP contribution in [-0.2, 0) is 17.8 Å². The van der Waals surface area contributed by atoms with E-state index in [-0.39, 0.29) is 11.7 Å². The third-order valence-electron chi connectivity index (χ3n) is 4.58. The molecule has 0 aliphatic rings. The zero-order valence-electron chi connectivity index (χ0n) is 15.7. The second-order valence-electron chi connectivity index (χ2n) is 6.65. The van der Waals surface area contributed by atoms with Crippen LogP contribution in [0.4, 0.5) is 4.39 Å². The molecular formula is C23H20FN3O2. The molecule has 0 atom stereocenters. The third kappa shape index (κ3) is 4.60. The second kappa shape index (κ2) is 8.56. The Balaban J connectivity index is 1.53. The molecule has 1 N–H and O–H groups in total. The summed E-state index contributed by atoms with van der Waals surface area (Å²) in [4.78, 5) is 12.3. The van der Waals surface area contributed by atoms with Crippen molar-refractivity contribution in [1.29, 1.82) is 0 Å². The maximum Gasteiger partial charge on any atom is 0.220 e. The molecule has 6 heteroatoms. The first-order chi connectivity index (χ1) is 14.2. The molecule has 2 heterocycles. The largest absolute Gasteiger partial charge is 0.469 e. The average molecular weight is 389 g/mol. The van der Waals surface area contributed by atoms with Crippen molar-refractivity contribution in [1.82, 2.24) is 15.1 Å². The summed E-state index contributed by atoms with van der Waals surface area (Å²) < 4.78 is 20.4. The first-order valence-corrected chi connectivity index (χ1v) is 9.38. The zero-order valence-corrected chi connectivity index (χ0v) is 15.7. The number of furan rings is 1. The van der Waals surface area contributed by atoms with Crippen LogP contribution in [0.3, 0.4) is 0 Å². The summed E-state index contributed by atoms with van der Waals surface area (Å²) in [6, 6.07) is 19.6. The summed E-state index contributed by atoms with van der Waals surface area (Å²) in [5.74, 6) is 0.409. The van der Waals surface area contributed by atoms with Crippen molar-refractivity contribution in [3.05, 3.63) is 96.3 Å². The van der Waals surface area contributed by atoms with Crippen LogP contribution in [-0.4, -0.2) is 15.7 Å². The van der Waals surface area contributed by atoms with Crippen LogP contribution in [0.1, 0.15) is 17.7 Å². The van der Waals surface area contributed by atoms with Crippen LogP contribution in [0.2, 0.25) is 0 Å². The number of rotatable bonds is 7. The number of hydrogen-bond donors (Lipinski definition) is 1. The highest BCUT2D eigenvalue weighted by atomic mass is 19.1. The van der Waals surface area contributed by atoms with Crippen molar-refractivity contribution in [2.24, 2.45) is 0 Å². The van der Waals surface area contributed by atoms with Gasteiger partial charge in [0.2, 0.25) is 5.91 Å². The number of aromatic nitrogens is 2. The van der Waals surface area contributed by atoms with Crippen LogP contribution >= 0.6 is 0 Å². The van der Waals surface area contributed by atoms with E-state index in [0.29, 0.717) is 25.1 Å². The van der Waals surface area contributed by atoms with Gasteiger partial charge in [-0.1, -0.05) is 18.2 Å². The molecule has 4 rings (SSSR count). The van der Waals surface area contributed by atoms with Gasteiger partial charge >= 0.3 is 0 Å². The fourth-order valence-corrected chi connectivity index (χ4v) is 3.08. The molecule has 146 valence electrons. The molecule has 0 spiro atoms. The van der Waals surface area contributed by atoms with Gasteiger partial charge in [0, 0.05) is 36.7 Å². The topological polar surface area (TPSA) is 60.1 Å². The van der Waals surface area contributed by atoms with Crippen molar-refractivity contribution in [3.8, 4) is 16.9 Å². The molecule has 0 fully saturated rings. The van der Waals surface area contributed by atoms with Crippen LogP contribution in [0, 0.1) is 5.82 Å². The lowest BCUT2D eigenvalue weighted by Crippen LogP contribution is -2.23. The minimum Gasteiger partial charge on any atom is -0.469 e. The molecule has 0 bridgehead atoms.